The lowest BCUT2D eigenvalue weighted by Crippen LogP contribution is -2.42. The molecule has 0 radical (unpaired) electrons. The SMILES string of the molecule is NCC1CC(c2ccc(C(=O)O)cc2)CCN1. The van der Waals surface area contributed by atoms with E-state index in [9.17, 15) is 4.79 Å². The Morgan fingerprint density at radius 1 is 1.41 bits per heavy atom. The summed E-state index contributed by atoms with van der Waals surface area (Å²) in [6, 6.07) is 7.59. The second-order valence-electron chi connectivity index (χ2n) is 4.54. The van der Waals surface area contributed by atoms with Crippen molar-refractivity contribution in [2.24, 2.45) is 5.73 Å². The molecule has 0 aliphatic carbocycles. The molecule has 17 heavy (non-hydrogen) atoms. The number of hydrogen-bond acceptors (Lipinski definition) is 3. The van der Waals surface area contributed by atoms with Gasteiger partial charge < -0.3 is 16.2 Å². The molecule has 1 aromatic carbocycles. The van der Waals surface area contributed by atoms with Crippen LogP contribution in [0.4, 0.5) is 0 Å². The number of carbonyl (C=O) groups is 1. The summed E-state index contributed by atoms with van der Waals surface area (Å²) >= 11 is 0. The fourth-order valence-corrected chi connectivity index (χ4v) is 2.39. The van der Waals surface area contributed by atoms with Gasteiger partial charge in [0.2, 0.25) is 0 Å². The molecule has 4 N–H and O–H groups in total. The Bertz CT molecular complexity index is 389. The third-order valence-corrected chi connectivity index (χ3v) is 3.41. The molecular formula is C13H18N2O2. The summed E-state index contributed by atoms with van der Waals surface area (Å²) in [5, 5.41) is 12.2. The zero-order valence-electron chi connectivity index (χ0n) is 9.73. The molecule has 92 valence electrons. The molecule has 0 aromatic heterocycles. The first kappa shape index (κ1) is 12.1. The number of hydrogen-bond donors (Lipinski definition) is 3. The van der Waals surface area contributed by atoms with Crippen LogP contribution in [0.3, 0.4) is 0 Å². The number of nitrogens with one attached hydrogen (secondary N) is 1. The standard InChI is InChI=1S/C13H18N2O2/c14-8-12-7-11(5-6-15-12)9-1-3-10(4-2-9)13(16)17/h1-4,11-12,15H,5-8,14H2,(H,16,17). The van der Waals surface area contributed by atoms with E-state index in [0.717, 1.165) is 19.4 Å². The highest BCUT2D eigenvalue weighted by Crippen LogP contribution is 2.27. The zero-order valence-corrected chi connectivity index (χ0v) is 9.73. The molecule has 1 aliphatic heterocycles. The van der Waals surface area contributed by atoms with Crippen molar-refractivity contribution in [2.45, 2.75) is 24.8 Å². The van der Waals surface area contributed by atoms with E-state index in [1.54, 1.807) is 12.1 Å². The van der Waals surface area contributed by atoms with Gasteiger partial charge in [0.05, 0.1) is 5.56 Å². The Labute approximate surface area is 101 Å². The molecule has 1 fully saturated rings. The van der Waals surface area contributed by atoms with Crippen molar-refractivity contribution in [3.8, 4) is 0 Å². The second kappa shape index (κ2) is 5.29. The first-order valence-corrected chi connectivity index (χ1v) is 5.97. The molecule has 1 aliphatic rings. The van der Waals surface area contributed by atoms with E-state index in [1.165, 1.54) is 5.56 Å². The topological polar surface area (TPSA) is 75.4 Å². The summed E-state index contributed by atoms with van der Waals surface area (Å²) in [4.78, 5) is 10.8. The van der Waals surface area contributed by atoms with Crippen LogP contribution in [0, 0.1) is 0 Å². The van der Waals surface area contributed by atoms with Gasteiger partial charge >= 0.3 is 5.97 Å². The van der Waals surface area contributed by atoms with Crippen molar-refractivity contribution < 1.29 is 9.90 Å². The summed E-state index contributed by atoms with van der Waals surface area (Å²) < 4.78 is 0. The summed E-state index contributed by atoms with van der Waals surface area (Å²) in [5.41, 5.74) is 7.23. The molecule has 0 amide bonds. The van der Waals surface area contributed by atoms with Gasteiger partial charge in [0.25, 0.3) is 0 Å². The molecule has 1 saturated heterocycles. The van der Waals surface area contributed by atoms with Gasteiger partial charge in [-0.2, -0.15) is 0 Å². The Kier molecular flexibility index (Phi) is 3.76. The van der Waals surface area contributed by atoms with E-state index in [-0.39, 0.29) is 0 Å². The van der Waals surface area contributed by atoms with Crippen LogP contribution in [0.1, 0.15) is 34.7 Å². The van der Waals surface area contributed by atoms with Crippen molar-refractivity contribution >= 4 is 5.97 Å². The van der Waals surface area contributed by atoms with Crippen molar-refractivity contribution in [3.63, 3.8) is 0 Å². The van der Waals surface area contributed by atoms with Gasteiger partial charge in [-0.15, -0.1) is 0 Å². The third kappa shape index (κ3) is 2.84. The van der Waals surface area contributed by atoms with Gasteiger partial charge in [-0.05, 0) is 43.0 Å². The summed E-state index contributed by atoms with van der Waals surface area (Å²) in [7, 11) is 0. The molecule has 0 saturated carbocycles. The number of carboxylic acids is 1. The van der Waals surface area contributed by atoms with Gasteiger partial charge in [0, 0.05) is 12.6 Å². The van der Waals surface area contributed by atoms with Crippen LogP contribution in [-0.4, -0.2) is 30.2 Å². The molecule has 0 spiro atoms. The predicted molar refractivity (Wildman–Crippen MR) is 66.2 cm³/mol. The molecule has 4 heteroatoms. The largest absolute Gasteiger partial charge is 0.478 e. The third-order valence-electron chi connectivity index (χ3n) is 3.41. The van der Waals surface area contributed by atoms with Crippen molar-refractivity contribution in [2.75, 3.05) is 13.1 Å². The maximum atomic E-state index is 10.8. The van der Waals surface area contributed by atoms with Crippen LogP contribution >= 0.6 is 0 Å². The van der Waals surface area contributed by atoms with Crippen LogP contribution < -0.4 is 11.1 Å². The second-order valence-corrected chi connectivity index (χ2v) is 4.54. The molecular weight excluding hydrogens is 216 g/mol. The highest BCUT2D eigenvalue weighted by molar-refractivity contribution is 5.87. The van der Waals surface area contributed by atoms with Crippen molar-refractivity contribution in [3.05, 3.63) is 35.4 Å². The molecule has 2 rings (SSSR count). The number of benzene rings is 1. The minimum atomic E-state index is -0.873. The molecule has 0 bridgehead atoms. The van der Waals surface area contributed by atoms with E-state index in [0.29, 0.717) is 24.1 Å². The van der Waals surface area contributed by atoms with Crippen LogP contribution in [0.25, 0.3) is 0 Å². The lowest BCUT2D eigenvalue weighted by Gasteiger charge is -2.29. The van der Waals surface area contributed by atoms with E-state index in [4.69, 9.17) is 10.8 Å². The molecule has 4 nitrogen and oxygen atoms in total. The van der Waals surface area contributed by atoms with Gasteiger partial charge in [-0.1, -0.05) is 12.1 Å². The summed E-state index contributed by atoms with van der Waals surface area (Å²) in [6.45, 7) is 1.64. The Hall–Kier alpha value is -1.39. The van der Waals surface area contributed by atoms with E-state index in [2.05, 4.69) is 5.32 Å². The van der Waals surface area contributed by atoms with Gasteiger partial charge in [0.15, 0.2) is 0 Å². The highest BCUT2D eigenvalue weighted by Gasteiger charge is 2.21. The monoisotopic (exact) mass is 234 g/mol. The Morgan fingerprint density at radius 3 is 2.71 bits per heavy atom. The smallest absolute Gasteiger partial charge is 0.335 e. The van der Waals surface area contributed by atoms with Crippen LogP contribution in [0.15, 0.2) is 24.3 Å². The fourth-order valence-electron chi connectivity index (χ4n) is 2.39. The first-order valence-electron chi connectivity index (χ1n) is 5.97. The van der Waals surface area contributed by atoms with E-state index < -0.39 is 5.97 Å². The number of nitrogens with two attached hydrogens (primary N) is 1. The van der Waals surface area contributed by atoms with Gasteiger partial charge in [-0.25, -0.2) is 4.79 Å². The Balaban J connectivity index is 2.08. The van der Waals surface area contributed by atoms with Crippen LogP contribution in [0.5, 0.6) is 0 Å². The average molecular weight is 234 g/mol. The lowest BCUT2D eigenvalue weighted by atomic mass is 9.86. The van der Waals surface area contributed by atoms with E-state index in [1.807, 2.05) is 12.1 Å². The zero-order chi connectivity index (χ0) is 12.3. The average Bonchev–Trinajstić information content (AvgIpc) is 2.39. The van der Waals surface area contributed by atoms with Gasteiger partial charge in [0.1, 0.15) is 0 Å². The molecule has 1 aromatic rings. The number of rotatable bonds is 3. The summed E-state index contributed by atoms with van der Waals surface area (Å²) in [5.74, 6) is -0.380. The highest BCUT2D eigenvalue weighted by atomic mass is 16.4. The predicted octanol–water partition coefficient (Wildman–Crippen LogP) is 1.18. The minimum absolute atomic E-state index is 0.345. The Morgan fingerprint density at radius 2 is 2.12 bits per heavy atom. The van der Waals surface area contributed by atoms with Crippen LogP contribution in [0.2, 0.25) is 0 Å². The number of carboxylic acid groups (broad SMARTS) is 1. The van der Waals surface area contributed by atoms with E-state index >= 15 is 0 Å². The number of aromatic carboxylic acids is 1. The van der Waals surface area contributed by atoms with Crippen molar-refractivity contribution in [1.82, 2.24) is 5.32 Å². The number of piperidine rings is 1. The molecule has 1 heterocycles. The lowest BCUT2D eigenvalue weighted by molar-refractivity contribution is 0.0697. The van der Waals surface area contributed by atoms with Crippen LogP contribution in [-0.2, 0) is 0 Å². The quantitative estimate of drug-likeness (QED) is 0.734. The fraction of sp³-hybridized carbons (Fsp3) is 0.462. The maximum absolute atomic E-state index is 10.8. The maximum Gasteiger partial charge on any atom is 0.335 e. The minimum Gasteiger partial charge on any atom is -0.478 e. The van der Waals surface area contributed by atoms with Gasteiger partial charge in [-0.3, -0.25) is 0 Å². The first-order chi connectivity index (χ1) is 8.20. The molecule has 2 unspecified atom stereocenters. The summed E-state index contributed by atoms with van der Waals surface area (Å²) in [6.07, 6.45) is 2.12. The molecule has 2 atom stereocenters. The normalized spacial score (nSPS) is 24.5. The van der Waals surface area contributed by atoms with Crippen molar-refractivity contribution in [1.29, 1.82) is 0 Å².